The lowest BCUT2D eigenvalue weighted by Crippen LogP contribution is -2.44. The predicted octanol–water partition coefficient (Wildman–Crippen LogP) is 2.31. The molecule has 1 aliphatic carbocycles. The van der Waals surface area contributed by atoms with Crippen molar-refractivity contribution in [3.63, 3.8) is 0 Å². The summed E-state index contributed by atoms with van der Waals surface area (Å²) in [5.74, 6) is -2.46. The van der Waals surface area contributed by atoms with E-state index in [9.17, 15) is 19.1 Å². The number of thioether (sulfide) groups is 1. The molecule has 0 radical (unpaired) electrons. The number of benzene rings is 1. The van der Waals surface area contributed by atoms with Crippen molar-refractivity contribution in [2.45, 2.75) is 23.8 Å². The third-order valence-corrected chi connectivity index (χ3v) is 6.25. The smallest absolute Gasteiger partial charge is 0.341 e. The summed E-state index contributed by atoms with van der Waals surface area (Å²) in [5.41, 5.74) is -1.31. The molecular weight excluding hydrogens is 388 g/mol. The Bertz CT molecular complexity index is 985. The van der Waals surface area contributed by atoms with E-state index in [-0.39, 0.29) is 21.8 Å². The molecule has 1 saturated carbocycles. The average molecular weight is 409 g/mol. The van der Waals surface area contributed by atoms with E-state index >= 15 is 4.39 Å². The fourth-order valence-corrected chi connectivity index (χ4v) is 4.53. The lowest BCUT2D eigenvalue weighted by atomic mass is 10.1. The highest BCUT2D eigenvalue weighted by Gasteiger charge is 2.30. The zero-order valence-electron chi connectivity index (χ0n) is 15.2. The number of aromatic carboxylic acids is 1. The summed E-state index contributed by atoms with van der Waals surface area (Å²) >= 11 is 1.10. The minimum atomic E-state index is -1.39. The van der Waals surface area contributed by atoms with Gasteiger partial charge in [0.1, 0.15) is 11.4 Å². The molecule has 4 rings (SSSR count). The van der Waals surface area contributed by atoms with E-state index in [1.165, 1.54) is 10.8 Å². The number of carboxylic acids is 1. The zero-order valence-corrected chi connectivity index (χ0v) is 16.0. The van der Waals surface area contributed by atoms with Gasteiger partial charge in [-0.05, 0) is 18.9 Å². The summed E-state index contributed by atoms with van der Waals surface area (Å²) < 4.78 is 31.4. The molecule has 0 unspecified atom stereocenters. The summed E-state index contributed by atoms with van der Waals surface area (Å²) in [7, 11) is 0. The van der Waals surface area contributed by atoms with Crippen LogP contribution in [-0.2, 0) is 0 Å². The monoisotopic (exact) mass is 409 g/mol. The fourth-order valence-electron chi connectivity index (χ4n) is 3.56. The quantitative estimate of drug-likeness (QED) is 0.714. The Labute approximate surface area is 164 Å². The largest absolute Gasteiger partial charge is 0.477 e. The summed E-state index contributed by atoms with van der Waals surface area (Å²) in [6.07, 6.45) is 2.75. The van der Waals surface area contributed by atoms with E-state index in [4.69, 9.17) is 0 Å². The Kier molecular flexibility index (Phi) is 5.39. The molecular formula is C19H21F2N3O3S. The van der Waals surface area contributed by atoms with Crippen molar-refractivity contribution in [1.29, 1.82) is 0 Å². The van der Waals surface area contributed by atoms with Crippen molar-refractivity contribution in [3.8, 4) is 0 Å². The maximum Gasteiger partial charge on any atom is 0.341 e. The van der Waals surface area contributed by atoms with Gasteiger partial charge >= 0.3 is 5.97 Å². The van der Waals surface area contributed by atoms with E-state index in [0.29, 0.717) is 5.75 Å². The molecule has 1 saturated heterocycles. The Morgan fingerprint density at radius 3 is 2.64 bits per heavy atom. The third-order valence-electron chi connectivity index (χ3n) is 5.20. The number of rotatable bonds is 6. The zero-order chi connectivity index (χ0) is 19.8. The number of nitrogens with zero attached hydrogens (tertiary/aromatic N) is 2. The van der Waals surface area contributed by atoms with Crippen molar-refractivity contribution >= 4 is 28.6 Å². The third kappa shape index (κ3) is 3.66. The van der Waals surface area contributed by atoms with Crippen LogP contribution in [0, 0.1) is 11.6 Å². The Morgan fingerprint density at radius 1 is 1.29 bits per heavy atom. The number of hydrogen-bond acceptors (Lipinski definition) is 5. The topological polar surface area (TPSA) is 74.6 Å². The van der Waals surface area contributed by atoms with Crippen LogP contribution in [0.2, 0.25) is 0 Å². The first kappa shape index (κ1) is 19.4. The molecule has 2 heterocycles. The first-order chi connectivity index (χ1) is 13.5. The van der Waals surface area contributed by atoms with E-state index < -0.39 is 28.6 Å². The molecule has 28 heavy (non-hydrogen) atoms. The highest BCUT2D eigenvalue weighted by atomic mass is 32.2. The van der Waals surface area contributed by atoms with Gasteiger partial charge in [0.2, 0.25) is 5.43 Å². The second kappa shape index (κ2) is 7.81. The van der Waals surface area contributed by atoms with Crippen LogP contribution in [-0.4, -0.2) is 59.0 Å². The van der Waals surface area contributed by atoms with Crippen LogP contribution in [0.15, 0.2) is 22.0 Å². The molecule has 9 heteroatoms. The molecule has 2 aromatic rings. The normalized spacial score (nSPS) is 17.9. The van der Waals surface area contributed by atoms with Crippen molar-refractivity contribution in [1.82, 2.24) is 14.8 Å². The molecule has 0 amide bonds. The number of nitrogens with one attached hydrogen (secondary N) is 1. The van der Waals surface area contributed by atoms with Crippen LogP contribution in [0.5, 0.6) is 0 Å². The Morgan fingerprint density at radius 2 is 2.00 bits per heavy atom. The van der Waals surface area contributed by atoms with Crippen molar-refractivity contribution in [2.75, 3.05) is 38.5 Å². The molecule has 0 spiro atoms. The van der Waals surface area contributed by atoms with Gasteiger partial charge in [-0.3, -0.25) is 9.69 Å². The highest BCUT2D eigenvalue weighted by molar-refractivity contribution is 7.99. The van der Waals surface area contributed by atoms with Crippen LogP contribution in [0.25, 0.3) is 10.9 Å². The number of carbonyl (C=O) groups is 1. The van der Waals surface area contributed by atoms with Gasteiger partial charge in [-0.15, -0.1) is 11.8 Å². The summed E-state index contributed by atoms with van der Waals surface area (Å²) in [6, 6.07) is 0.930. The molecule has 1 aliphatic heterocycles. The van der Waals surface area contributed by atoms with Gasteiger partial charge < -0.3 is 15.0 Å². The lowest BCUT2D eigenvalue weighted by Gasteiger charge is -2.26. The number of hydrogen-bond donors (Lipinski definition) is 2. The van der Waals surface area contributed by atoms with Crippen molar-refractivity contribution < 1.29 is 18.7 Å². The maximum absolute atomic E-state index is 15.3. The number of piperazine rings is 1. The molecule has 2 aliphatic rings. The van der Waals surface area contributed by atoms with Gasteiger partial charge in [-0.25, -0.2) is 13.6 Å². The first-order valence-electron chi connectivity index (χ1n) is 9.33. The SMILES string of the molecule is O=C(O)c1cn(C2CC2)c2c(F)c(SCCN3CCNCC3)c(F)cc2c1=O. The van der Waals surface area contributed by atoms with E-state index in [1.807, 2.05) is 0 Å². The number of halogens is 2. The standard InChI is InChI=1S/C19H21F2N3O3S/c20-14-9-12-16(24(11-1-2-11)10-13(17(12)25)19(26)27)15(21)18(14)28-8-7-23-5-3-22-4-6-23/h9-11,22H,1-8H2,(H,26,27). The van der Waals surface area contributed by atoms with Crippen LogP contribution < -0.4 is 10.7 Å². The number of carboxylic acid groups (broad SMARTS) is 1. The van der Waals surface area contributed by atoms with Crippen LogP contribution in [0.3, 0.4) is 0 Å². The molecule has 6 nitrogen and oxygen atoms in total. The van der Waals surface area contributed by atoms with E-state index in [1.54, 1.807) is 0 Å². The highest BCUT2D eigenvalue weighted by Crippen LogP contribution is 2.39. The number of fused-ring (bicyclic) bond motifs is 1. The maximum atomic E-state index is 15.3. The predicted molar refractivity (Wildman–Crippen MR) is 103 cm³/mol. The Balaban J connectivity index is 1.70. The van der Waals surface area contributed by atoms with Gasteiger partial charge in [0.15, 0.2) is 5.82 Å². The van der Waals surface area contributed by atoms with Crippen LogP contribution in [0.4, 0.5) is 8.78 Å². The summed E-state index contributed by atoms with van der Waals surface area (Å²) in [4.78, 5) is 26.0. The lowest BCUT2D eigenvalue weighted by molar-refractivity contribution is 0.0694. The van der Waals surface area contributed by atoms with Gasteiger partial charge in [0.05, 0.1) is 15.8 Å². The fraction of sp³-hybridized carbons (Fsp3) is 0.474. The van der Waals surface area contributed by atoms with Crippen molar-refractivity contribution in [3.05, 3.63) is 39.7 Å². The molecule has 1 aromatic carbocycles. The summed E-state index contributed by atoms with van der Waals surface area (Å²) in [5, 5.41) is 12.3. The molecule has 0 atom stereocenters. The molecule has 150 valence electrons. The molecule has 2 fully saturated rings. The minimum Gasteiger partial charge on any atom is -0.477 e. The summed E-state index contributed by atoms with van der Waals surface area (Å²) in [6.45, 7) is 4.34. The minimum absolute atomic E-state index is 0.00331. The number of pyridine rings is 1. The second-order valence-corrected chi connectivity index (χ2v) is 8.26. The van der Waals surface area contributed by atoms with Gasteiger partial charge in [0, 0.05) is 50.7 Å². The van der Waals surface area contributed by atoms with E-state index in [0.717, 1.165) is 63.4 Å². The van der Waals surface area contributed by atoms with Gasteiger partial charge in [0.25, 0.3) is 0 Å². The molecule has 0 bridgehead atoms. The first-order valence-corrected chi connectivity index (χ1v) is 10.3. The van der Waals surface area contributed by atoms with Gasteiger partial charge in [-0.2, -0.15) is 0 Å². The average Bonchev–Trinajstić information content (AvgIpc) is 3.51. The van der Waals surface area contributed by atoms with Crippen LogP contribution >= 0.6 is 11.8 Å². The Hall–Kier alpha value is -1.97. The van der Waals surface area contributed by atoms with Crippen LogP contribution in [0.1, 0.15) is 29.2 Å². The van der Waals surface area contributed by atoms with Crippen molar-refractivity contribution in [2.24, 2.45) is 0 Å². The van der Waals surface area contributed by atoms with Gasteiger partial charge in [-0.1, -0.05) is 0 Å². The van der Waals surface area contributed by atoms with E-state index in [2.05, 4.69) is 10.2 Å². The number of aromatic nitrogens is 1. The second-order valence-electron chi connectivity index (χ2n) is 7.15. The molecule has 2 N–H and O–H groups in total. The molecule has 1 aromatic heterocycles.